The molecule has 5 rings (SSSR count). The first-order valence-electron chi connectivity index (χ1n) is 10.1. The minimum atomic E-state index is -3.44. The highest BCUT2D eigenvalue weighted by Crippen LogP contribution is 2.42. The van der Waals surface area contributed by atoms with E-state index in [0.29, 0.717) is 34.2 Å². The zero-order chi connectivity index (χ0) is 23.0. The Kier molecular flexibility index (Phi) is 5.39. The summed E-state index contributed by atoms with van der Waals surface area (Å²) in [7, 11) is -3.44. The number of benzene rings is 3. The Balaban J connectivity index is 1.30. The second kappa shape index (κ2) is 8.38. The average molecular weight is 479 g/mol. The fourth-order valence-corrected chi connectivity index (χ4v) is 5.84. The molecule has 0 radical (unpaired) electrons. The van der Waals surface area contributed by atoms with Crippen molar-refractivity contribution in [2.45, 2.75) is 4.90 Å². The minimum Gasteiger partial charge on any atom is -0.322 e. The van der Waals surface area contributed by atoms with Crippen LogP contribution in [0.25, 0.3) is 0 Å². The van der Waals surface area contributed by atoms with Crippen LogP contribution in [0.2, 0.25) is 0 Å². The Hall–Kier alpha value is -3.63. The third-order valence-electron chi connectivity index (χ3n) is 5.15. The van der Waals surface area contributed by atoms with E-state index in [-0.39, 0.29) is 17.6 Å². The van der Waals surface area contributed by atoms with Crippen LogP contribution in [-0.4, -0.2) is 37.7 Å². The van der Waals surface area contributed by atoms with Crippen LogP contribution in [0.5, 0.6) is 0 Å². The van der Waals surface area contributed by atoms with Gasteiger partial charge in [0.25, 0.3) is 21.8 Å². The molecular formula is C23H18N4O4S2. The monoisotopic (exact) mass is 478 g/mol. The van der Waals surface area contributed by atoms with E-state index in [4.69, 9.17) is 0 Å². The third kappa shape index (κ3) is 4.48. The molecule has 10 heteroatoms. The van der Waals surface area contributed by atoms with Crippen molar-refractivity contribution in [3.05, 3.63) is 83.9 Å². The summed E-state index contributed by atoms with van der Waals surface area (Å²) in [6, 6.07) is 21.0. The summed E-state index contributed by atoms with van der Waals surface area (Å²) in [5, 5.41) is 6.07. The molecule has 2 aliphatic heterocycles. The Morgan fingerprint density at radius 3 is 2.27 bits per heavy atom. The Bertz CT molecular complexity index is 1400. The molecule has 2 aliphatic rings. The van der Waals surface area contributed by atoms with Crippen molar-refractivity contribution in [2.24, 2.45) is 4.40 Å². The molecule has 2 heterocycles. The molecule has 2 N–H and O–H groups in total. The van der Waals surface area contributed by atoms with Crippen LogP contribution in [0, 0.1) is 0 Å². The number of amides is 2. The van der Waals surface area contributed by atoms with Gasteiger partial charge in [-0.25, -0.2) is 8.42 Å². The molecule has 0 saturated carbocycles. The van der Waals surface area contributed by atoms with Gasteiger partial charge in [-0.15, -0.1) is 4.40 Å². The van der Waals surface area contributed by atoms with Crippen LogP contribution in [0.4, 0.5) is 17.1 Å². The zero-order valence-electron chi connectivity index (χ0n) is 17.2. The van der Waals surface area contributed by atoms with E-state index in [0.717, 1.165) is 10.6 Å². The lowest BCUT2D eigenvalue weighted by Gasteiger charge is -2.22. The number of carbonyl (C=O) groups is 2. The number of hydrogen-bond acceptors (Lipinski definition) is 6. The zero-order valence-corrected chi connectivity index (χ0v) is 18.8. The maximum atomic E-state index is 12.8. The lowest BCUT2D eigenvalue weighted by atomic mass is 10.1. The maximum Gasteiger partial charge on any atom is 0.257 e. The van der Waals surface area contributed by atoms with Crippen molar-refractivity contribution in [1.82, 2.24) is 0 Å². The Morgan fingerprint density at radius 1 is 0.848 bits per heavy atom. The van der Waals surface area contributed by atoms with Gasteiger partial charge in [0.2, 0.25) is 0 Å². The van der Waals surface area contributed by atoms with Crippen molar-refractivity contribution < 1.29 is 18.0 Å². The van der Waals surface area contributed by atoms with Crippen molar-refractivity contribution in [1.29, 1.82) is 0 Å². The molecule has 0 spiro atoms. The fourth-order valence-electron chi connectivity index (χ4n) is 3.54. The summed E-state index contributed by atoms with van der Waals surface area (Å²) in [6.45, 7) is 0.341. The summed E-state index contributed by atoms with van der Waals surface area (Å²) < 4.78 is 27.4. The van der Waals surface area contributed by atoms with E-state index in [1.165, 1.54) is 11.8 Å². The summed E-state index contributed by atoms with van der Waals surface area (Å²) in [4.78, 5) is 27.8. The first kappa shape index (κ1) is 21.2. The molecule has 2 amide bonds. The van der Waals surface area contributed by atoms with E-state index >= 15 is 0 Å². The molecule has 0 bridgehead atoms. The summed E-state index contributed by atoms with van der Waals surface area (Å²) in [5.74, 6) is -0.587. The molecule has 33 heavy (non-hydrogen) atoms. The number of thioether (sulfide) groups is 1. The topological polar surface area (TPSA) is 108 Å². The van der Waals surface area contributed by atoms with E-state index in [1.54, 1.807) is 66.7 Å². The highest BCUT2D eigenvalue weighted by Gasteiger charge is 2.33. The number of sulfonamides is 1. The van der Waals surface area contributed by atoms with Gasteiger partial charge in [0.15, 0.2) is 5.17 Å². The fraction of sp³-hybridized carbons (Fsp3) is 0.0870. The molecule has 3 aromatic carbocycles. The number of nitrogens with zero attached hydrogens (tertiary/aromatic N) is 2. The SMILES string of the molecule is O=C(Nc1cccc(NC(=O)c2ccc3c(c2)SC2=NS(=O)(=O)CCN23)c1)c1ccccc1. The van der Waals surface area contributed by atoms with Crippen LogP contribution in [0.3, 0.4) is 0 Å². The van der Waals surface area contributed by atoms with Gasteiger partial charge in [-0.3, -0.25) is 9.59 Å². The first-order chi connectivity index (χ1) is 15.9. The summed E-state index contributed by atoms with van der Waals surface area (Å²) in [5.41, 5.74) is 2.91. The molecular weight excluding hydrogens is 460 g/mol. The van der Waals surface area contributed by atoms with Gasteiger partial charge < -0.3 is 15.5 Å². The number of rotatable bonds is 4. The molecule has 0 aromatic heterocycles. The third-order valence-corrected chi connectivity index (χ3v) is 7.46. The minimum absolute atomic E-state index is 0.0319. The molecule has 0 atom stereocenters. The van der Waals surface area contributed by atoms with Crippen molar-refractivity contribution >= 4 is 55.8 Å². The Morgan fingerprint density at radius 2 is 1.55 bits per heavy atom. The van der Waals surface area contributed by atoms with Crippen LogP contribution >= 0.6 is 11.8 Å². The van der Waals surface area contributed by atoms with Gasteiger partial charge in [-0.1, -0.05) is 24.3 Å². The number of nitrogens with one attached hydrogen (secondary N) is 2. The molecule has 0 fully saturated rings. The largest absolute Gasteiger partial charge is 0.322 e. The lowest BCUT2D eigenvalue weighted by Crippen LogP contribution is -2.35. The highest BCUT2D eigenvalue weighted by molar-refractivity contribution is 8.15. The average Bonchev–Trinajstić information content (AvgIpc) is 3.15. The van der Waals surface area contributed by atoms with E-state index in [2.05, 4.69) is 15.0 Å². The van der Waals surface area contributed by atoms with Gasteiger partial charge in [-0.2, -0.15) is 0 Å². The molecule has 166 valence electrons. The second-order valence-electron chi connectivity index (χ2n) is 7.45. The summed E-state index contributed by atoms with van der Waals surface area (Å²) >= 11 is 1.24. The molecule has 0 aliphatic carbocycles. The highest BCUT2D eigenvalue weighted by atomic mass is 32.2. The quantitative estimate of drug-likeness (QED) is 0.591. The number of fused-ring (bicyclic) bond motifs is 3. The normalized spacial score (nSPS) is 15.8. The van der Waals surface area contributed by atoms with E-state index < -0.39 is 10.0 Å². The standard InChI is InChI=1S/C23H18N4O4S2/c28-21(15-5-2-1-3-6-15)24-17-7-4-8-18(14-17)25-22(29)16-9-10-19-20(13-16)32-23-26-33(30,31)12-11-27(19)23/h1-10,13-14H,11-12H2,(H,24,28)(H,25,29). The van der Waals surface area contributed by atoms with Gasteiger partial charge in [-0.05, 0) is 60.3 Å². The van der Waals surface area contributed by atoms with Gasteiger partial charge >= 0.3 is 0 Å². The van der Waals surface area contributed by atoms with Gasteiger partial charge in [0.1, 0.15) is 0 Å². The number of anilines is 3. The predicted octanol–water partition coefficient (Wildman–Crippen LogP) is 3.80. The molecule has 3 aromatic rings. The molecule has 0 saturated heterocycles. The van der Waals surface area contributed by atoms with Crippen LogP contribution < -0.4 is 15.5 Å². The smallest absolute Gasteiger partial charge is 0.257 e. The van der Waals surface area contributed by atoms with Crippen LogP contribution in [0.1, 0.15) is 20.7 Å². The van der Waals surface area contributed by atoms with Crippen LogP contribution in [0.15, 0.2) is 82.1 Å². The van der Waals surface area contributed by atoms with Crippen molar-refractivity contribution in [2.75, 3.05) is 27.8 Å². The van der Waals surface area contributed by atoms with E-state index in [9.17, 15) is 18.0 Å². The predicted molar refractivity (Wildman–Crippen MR) is 130 cm³/mol. The number of carbonyl (C=O) groups excluding carboxylic acids is 2. The van der Waals surface area contributed by atoms with Crippen LogP contribution in [-0.2, 0) is 10.0 Å². The lowest BCUT2D eigenvalue weighted by molar-refractivity contribution is 0.101. The summed E-state index contributed by atoms with van der Waals surface area (Å²) in [6.07, 6.45) is 0. The second-order valence-corrected chi connectivity index (χ2v) is 10.2. The number of amidine groups is 1. The molecule has 8 nitrogen and oxygen atoms in total. The van der Waals surface area contributed by atoms with Crippen molar-refractivity contribution in [3.8, 4) is 0 Å². The van der Waals surface area contributed by atoms with Gasteiger partial charge in [0, 0.05) is 33.9 Å². The van der Waals surface area contributed by atoms with Crippen molar-refractivity contribution in [3.63, 3.8) is 0 Å². The maximum absolute atomic E-state index is 12.8. The van der Waals surface area contributed by atoms with E-state index in [1.807, 2.05) is 11.0 Å². The molecule has 0 unspecified atom stereocenters. The van der Waals surface area contributed by atoms with Gasteiger partial charge in [0.05, 0.1) is 11.4 Å². The Labute approximate surface area is 194 Å². The first-order valence-corrected chi connectivity index (χ1v) is 12.5. The number of hydrogen-bond donors (Lipinski definition) is 2.